The van der Waals surface area contributed by atoms with Crippen LogP contribution in [0.2, 0.25) is 0 Å². The van der Waals surface area contributed by atoms with Crippen LogP contribution in [0.5, 0.6) is 5.75 Å². The van der Waals surface area contributed by atoms with Gasteiger partial charge in [-0.25, -0.2) is 4.79 Å². The summed E-state index contributed by atoms with van der Waals surface area (Å²) in [7, 11) is 1.48. The van der Waals surface area contributed by atoms with E-state index in [-0.39, 0.29) is 19.5 Å². The Bertz CT molecular complexity index is 1740. The maximum absolute atomic E-state index is 14.2. The number of amides is 3. The number of methoxy groups -OCH3 is 1. The van der Waals surface area contributed by atoms with E-state index >= 15 is 0 Å². The first-order valence-corrected chi connectivity index (χ1v) is 15.7. The van der Waals surface area contributed by atoms with Crippen LogP contribution in [0.3, 0.4) is 0 Å². The normalized spacial score (nSPS) is 17.6. The maximum atomic E-state index is 14.2. The summed E-state index contributed by atoms with van der Waals surface area (Å²) in [5.74, 6) is -2.04. The molecule has 48 heavy (non-hydrogen) atoms. The summed E-state index contributed by atoms with van der Waals surface area (Å²) >= 11 is 0. The average molecular weight is 652 g/mol. The minimum absolute atomic E-state index is 0.172. The SMILES string of the molecule is COC1(c2cccc(CNC(=O)OC(C)(C)C)c2)OC(CC(N)=O)C(=O)N(Cc2ccc(OCc3ccccc3)cc2)c2ccccc21. The molecule has 0 radical (unpaired) electrons. The summed E-state index contributed by atoms with van der Waals surface area (Å²) in [5.41, 5.74) is 9.30. The van der Waals surface area contributed by atoms with Gasteiger partial charge in [-0.1, -0.05) is 78.9 Å². The number of hydrogen-bond donors (Lipinski definition) is 2. The number of rotatable bonds is 11. The lowest BCUT2D eigenvalue weighted by atomic mass is 9.93. The summed E-state index contributed by atoms with van der Waals surface area (Å²) in [6.07, 6.45) is -2.17. The van der Waals surface area contributed by atoms with E-state index in [2.05, 4.69) is 5.32 Å². The van der Waals surface area contributed by atoms with Gasteiger partial charge in [-0.3, -0.25) is 9.59 Å². The number of para-hydroxylation sites is 1. The van der Waals surface area contributed by atoms with Gasteiger partial charge in [0, 0.05) is 24.8 Å². The summed E-state index contributed by atoms with van der Waals surface area (Å²) in [6.45, 7) is 6.17. The zero-order chi connectivity index (χ0) is 34.3. The Morgan fingerprint density at radius 1 is 0.896 bits per heavy atom. The summed E-state index contributed by atoms with van der Waals surface area (Å²) in [4.78, 5) is 40.4. The molecule has 2 atom stereocenters. The van der Waals surface area contributed by atoms with Crippen molar-refractivity contribution in [3.63, 3.8) is 0 Å². The van der Waals surface area contributed by atoms with Crippen molar-refractivity contribution in [3.8, 4) is 5.75 Å². The highest BCUT2D eigenvalue weighted by Crippen LogP contribution is 2.44. The van der Waals surface area contributed by atoms with Crippen LogP contribution in [-0.4, -0.2) is 36.7 Å². The third-order valence-electron chi connectivity index (χ3n) is 7.73. The molecule has 10 heteroatoms. The number of hydrogen-bond acceptors (Lipinski definition) is 7. The van der Waals surface area contributed by atoms with Crippen molar-refractivity contribution in [2.45, 2.75) is 64.4 Å². The van der Waals surface area contributed by atoms with E-state index in [9.17, 15) is 14.4 Å². The van der Waals surface area contributed by atoms with E-state index in [4.69, 9.17) is 24.7 Å². The molecule has 0 saturated carbocycles. The highest BCUT2D eigenvalue weighted by molar-refractivity contribution is 6.00. The summed E-state index contributed by atoms with van der Waals surface area (Å²) in [5, 5.41) is 2.77. The second-order valence-electron chi connectivity index (χ2n) is 12.5. The summed E-state index contributed by atoms with van der Waals surface area (Å²) < 4.78 is 24.0. The van der Waals surface area contributed by atoms with Gasteiger partial charge in [-0.15, -0.1) is 0 Å². The van der Waals surface area contributed by atoms with Crippen molar-refractivity contribution in [2.75, 3.05) is 12.0 Å². The highest BCUT2D eigenvalue weighted by atomic mass is 16.7. The van der Waals surface area contributed by atoms with Crippen molar-refractivity contribution < 1.29 is 33.3 Å². The minimum Gasteiger partial charge on any atom is -0.489 e. The van der Waals surface area contributed by atoms with E-state index < -0.39 is 35.4 Å². The van der Waals surface area contributed by atoms with Crippen LogP contribution in [0.4, 0.5) is 10.5 Å². The van der Waals surface area contributed by atoms with Gasteiger partial charge >= 0.3 is 6.09 Å². The fourth-order valence-electron chi connectivity index (χ4n) is 5.56. The predicted molar refractivity (Wildman–Crippen MR) is 181 cm³/mol. The van der Waals surface area contributed by atoms with E-state index in [1.807, 2.05) is 103 Å². The number of carbonyl (C=O) groups is 3. The number of nitrogens with two attached hydrogens (primary N) is 1. The van der Waals surface area contributed by atoms with Gasteiger partial charge in [0.1, 0.15) is 24.1 Å². The van der Waals surface area contributed by atoms with Crippen LogP contribution in [-0.2, 0) is 49.3 Å². The third-order valence-corrected chi connectivity index (χ3v) is 7.73. The van der Waals surface area contributed by atoms with Gasteiger partial charge in [-0.2, -0.15) is 0 Å². The number of primary amides is 1. The van der Waals surface area contributed by atoms with E-state index in [1.54, 1.807) is 25.7 Å². The Morgan fingerprint density at radius 2 is 1.58 bits per heavy atom. The van der Waals surface area contributed by atoms with Gasteiger partial charge < -0.3 is 34.9 Å². The molecular formula is C38H41N3O7. The number of nitrogens with one attached hydrogen (secondary N) is 1. The second kappa shape index (κ2) is 14.7. The highest BCUT2D eigenvalue weighted by Gasteiger charge is 2.47. The molecule has 5 rings (SSSR count). The first kappa shape index (κ1) is 34.2. The van der Waals surface area contributed by atoms with Crippen LogP contribution in [0.25, 0.3) is 0 Å². The van der Waals surface area contributed by atoms with E-state index in [1.165, 1.54) is 7.11 Å². The predicted octanol–water partition coefficient (Wildman–Crippen LogP) is 5.95. The number of alkyl carbamates (subject to hydrolysis) is 1. The number of benzene rings is 4. The lowest BCUT2D eigenvalue weighted by Crippen LogP contribution is -2.43. The van der Waals surface area contributed by atoms with Crippen molar-refractivity contribution in [1.29, 1.82) is 0 Å². The number of anilines is 1. The first-order valence-electron chi connectivity index (χ1n) is 15.7. The molecule has 3 amide bonds. The van der Waals surface area contributed by atoms with Crippen molar-refractivity contribution in [3.05, 3.63) is 131 Å². The second-order valence-corrected chi connectivity index (χ2v) is 12.5. The fourth-order valence-corrected chi connectivity index (χ4v) is 5.56. The number of nitrogens with zero attached hydrogens (tertiary/aromatic N) is 1. The van der Waals surface area contributed by atoms with Gasteiger partial charge in [0.05, 0.1) is 18.7 Å². The standard InChI is InChI=1S/C38H41N3O7/c1-37(2,3)48-36(44)40-23-28-13-10-14-29(21-28)38(45-4)31-15-8-9-16-32(31)41(35(43)33(47-38)22-34(39)42)24-26-17-19-30(20-18-26)46-25-27-11-6-5-7-12-27/h5-21,33H,22-25H2,1-4H3,(H2,39,42)(H,40,44). The van der Waals surface area contributed by atoms with Crippen molar-refractivity contribution in [1.82, 2.24) is 5.32 Å². The van der Waals surface area contributed by atoms with Gasteiger partial charge in [0.15, 0.2) is 0 Å². The zero-order valence-corrected chi connectivity index (χ0v) is 27.6. The van der Waals surface area contributed by atoms with Crippen molar-refractivity contribution >= 4 is 23.6 Å². The molecule has 0 aromatic heterocycles. The Kier molecular flexibility index (Phi) is 10.5. The quantitative estimate of drug-likeness (QED) is 0.205. The zero-order valence-electron chi connectivity index (χ0n) is 27.6. The molecule has 4 aromatic rings. The Labute approximate surface area is 280 Å². The minimum atomic E-state index is -1.60. The molecule has 250 valence electrons. The fraction of sp³-hybridized carbons (Fsp3) is 0.289. The summed E-state index contributed by atoms with van der Waals surface area (Å²) in [6, 6.07) is 32.0. The monoisotopic (exact) mass is 651 g/mol. The number of ether oxygens (including phenoxy) is 4. The largest absolute Gasteiger partial charge is 0.489 e. The molecule has 0 bridgehead atoms. The van der Waals surface area contributed by atoms with Gasteiger partial charge in [-0.05, 0) is 61.7 Å². The topological polar surface area (TPSA) is 129 Å². The Balaban J connectivity index is 1.47. The lowest BCUT2D eigenvalue weighted by Gasteiger charge is -2.34. The Morgan fingerprint density at radius 3 is 2.27 bits per heavy atom. The number of carbonyl (C=O) groups excluding carboxylic acids is 3. The van der Waals surface area contributed by atoms with E-state index in [0.717, 1.165) is 16.7 Å². The third kappa shape index (κ3) is 8.20. The van der Waals surface area contributed by atoms with Gasteiger partial charge in [0.2, 0.25) is 11.7 Å². The molecule has 1 heterocycles. The van der Waals surface area contributed by atoms with Crippen molar-refractivity contribution in [2.24, 2.45) is 5.73 Å². The molecule has 0 aliphatic carbocycles. The molecule has 0 saturated heterocycles. The lowest BCUT2D eigenvalue weighted by molar-refractivity contribution is -0.224. The van der Waals surface area contributed by atoms with Gasteiger partial charge in [0.25, 0.3) is 5.91 Å². The molecule has 10 nitrogen and oxygen atoms in total. The average Bonchev–Trinajstić information content (AvgIpc) is 3.16. The molecule has 0 spiro atoms. The molecule has 0 fully saturated rings. The smallest absolute Gasteiger partial charge is 0.407 e. The molecule has 4 aromatic carbocycles. The molecular weight excluding hydrogens is 610 g/mol. The molecule has 1 aliphatic heterocycles. The Hall–Kier alpha value is -5.19. The molecule has 1 aliphatic rings. The van der Waals surface area contributed by atoms with Crippen LogP contribution < -0.4 is 20.7 Å². The van der Waals surface area contributed by atoms with Crippen LogP contribution >= 0.6 is 0 Å². The van der Waals surface area contributed by atoms with Crippen LogP contribution in [0.15, 0.2) is 103 Å². The number of fused-ring (bicyclic) bond motifs is 1. The molecule has 2 unspecified atom stereocenters. The van der Waals surface area contributed by atoms with Crippen LogP contribution in [0.1, 0.15) is 55.0 Å². The van der Waals surface area contributed by atoms with E-state index in [0.29, 0.717) is 29.2 Å². The maximum Gasteiger partial charge on any atom is 0.407 e. The molecule has 3 N–H and O–H groups in total. The van der Waals surface area contributed by atoms with Crippen LogP contribution in [0, 0.1) is 0 Å². The first-order chi connectivity index (χ1) is 23.0.